The van der Waals surface area contributed by atoms with Gasteiger partial charge >= 0.3 is 0 Å². The van der Waals surface area contributed by atoms with Gasteiger partial charge in [0, 0.05) is 11.0 Å². The highest BCUT2D eigenvalue weighted by molar-refractivity contribution is 7.99. The van der Waals surface area contributed by atoms with E-state index in [0.29, 0.717) is 28.5 Å². The van der Waals surface area contributed by atoms with Crippen LogP contribution in [0.4, 0.5) is 0 Å². The van der Waals surface area contributed by atoms with Crippen LogP contribution in [-0.4, -0.2) is 40.3 Å². The quantitative estimate of drug-likeness (QED) is 0.871. The minimum Gasteiger partial charge on any atom is -0.480 e. The molecule has 1 aromatic heterocycles. The fraction of sp³-hybridized carbons (Fsp3) is 0.714. The first-order valence-corrected chi connectivity index (χ1v) is 8.04. The third-order valence-corrected chi connectivity index (χ3v) is 4.96. The fourth-order valence-electron chi connectivity index (χ4n) is 2.38. The molecule has 1 unspecified atom stereocenters. The van der Waals surface area contributed by atoms with Crippen LogP contribution < -0.4 is 9.47 Å². The number of thioether (sulfide) groups is 1. The second-order valence-corrected chi connectivity index (χ2v) is 6.25. The number of ether oxygens (including phenoxy) is 2. The number of methoxy groups -OCH3 is 2. The highest BCUT2D eigenvalue weighted by Gasteiger charge is 2.20. The molecule has 0 bridgehead atoms. The van der Waals surface area contributed by atoms with E-state index in [1.165, 1.54) is 52.5 Å². The van der Waals surface area contributed by atoms with E-state index >= 15 is 0 Å². The van der Waals surface area contributed by atoms with Crippen LogP contribution in [-0.2, 0) is 0 Å². The molecule has 2 rings (SSSR count). The highest BCUT2D eigenvalue weighted by Crippen LogP contribution is 2.32. The van der Waals surface area contributed by atoms with Crippen molar-refractivity contribution in [2.75, 3.05) is 20.0 Å². The van der Waals surface area contributed by atoms with Gasteiger partial charge in [-0.15, -0.1) is 0 Å². The molecule has 0 spiro atoms. The standard InChI is InChI=1S/C14H22N2O3S/c1-18-12-8-15-13(14(16-12)19-2)11(17)9-20-10-6-4-3-5-7-10/h8,10-11,17H,3-7,9H2,1-2H3. The maximum Gasteiger partial charge on any atom is 0.241 e. The summed E-state index contributed by atoms with van der Waals surface area (Å²) in [5, 5.41) is 10.9. The van der Waals surface area contributed by atoms with E-state index in [1.54, 1.807) is 0 Å². The van der Waals surface area contributed by atoms with Crippen molar-refractivity contribution in [1.29, 1.82) is 0 Å². The second kappa shape index (κ2) is 7.69. The molecule has 0 radical (unpaired) electrons. The Balaban J connectivity index is 1.95. The van der Waals surface area contributed by atoms with Gasteiger partial charge in [0.25, 0.3) is 0 Å². The Morgan fingerprint density at radius 3 is 2.70 bits per heavy atom. The molecule has 5 nitrogen and oxygen atoms in total. The summed E-state index contributed by atoms with van der Waals surface area (Å²) in [6, 6.07) is 0. The van der Waals surface area contributed by atoms with Gasteiger partial charge in [0.1, 0.15) is 11.8 Å². The first-order chi connectivity index (χ1) is 9.74. The van der Waals surface area contributed by atoms with Crippen molar-refractivity contribution >= 4 is 11.8 Å². The van der Waals surface area contributed by atoms with Gasteiger partial charge < -0.3 is 14.6 Å². The van der Waals surface area contributed by atoms with E-state index in [1.807, 2.05) is 11.8 Å². The second-order valence-electron chi connectivity index (χ2n) is 4.92. The van der Waals surface area contributed by atoms with E-state index in [-0.39, 0.29) is 0 Å². The molecule has 1 heterocycles. The van der Waals surface area contributed by atoms with Crippen LogP contribution in [0.15, 0.2) is 6.20 Å². The zero-order valence-electron chi connectivity index (χ0n) is 12.0. The van der Waals surface area contributed by atoms with Gasteiger partial charge in [-0.25, -0.2) is 4.98 Å². The summed E-state index contributed by atoms with van der Waals surface area (Å²) >= 11 is 1.82. The average Bonchev–Trinajstić information content (AvgIpc) is 2.52. The Kier molecular flexibility index (Phi) is 5.91. The van der Waals surface area contributed by atoms with E-state index in [2.05, 4.69) is 9.97 Å². The Morgan fingerprint density at radius 2 is 2.05 bits per heavy atom. The summed E-state index contributed by atoms with van der Waals surface area (Å²) < 4.78 is 10.2. The van der Waals surface area contributed by atoms with Crippen molar-refractivity contribution in [3.63, 3.8) is 0 Å². The predicted octanol–water partition coefficient (Wildman–Crippen LogP) is 2.59. The lowest BCUT2D eigenvalue weighted by Crippen LogP contribution is -2.13. The van der Waals surface area contributed by atoms with Crippen LogP contribution in [0, 0.1) is 0 Å². The first-order valence-electron chi connectivity index (χ1n) is 6.99. The number of aromatic nitrogens is 2. The fourth-order valence-corrected chi connectivity index (χ4v) is 3.66. The predicted molar refractivity (Wildman–Crippen MR) is 79.4 cm³/mol. The Labute approximate surface area is 124 Å². The van der Waals surface area contributed by atoms with E-state index in [0.717, 1.165) is 0 Å². The maximum absolute atomic E-state index is 10.3. The molecule has 112 valence electrons. The minimum absolute atomic E-state index is 0.334. The van der Waals surface area contributed by atoms with E-state index in [4.69, 9.17) is 9.47 Å². The molecule has 1 saturated carbocycles. The lowest BCUT2D eigenvalue weighted by atomic mass is 10.0. The zero-order valence-corrected chi connectivity index (χ0v) is 12.9. The molecule has 1 fully saturated rings. The summed E-state index contributed by atoms with van der Waals surface area (Å²) in [7, 11) is 3.05. The van der Waals surface area contributed by atoms with Crippen LogP contribution in [0.1, 0.15) is 43.9 Å². The minimum atomic E-state index is -0.657. The molecule has 1 atom stereocenters. The lowest BCUT2D eigenvalue weighted by molar-refractivity contribution is 0.191. The van der Waals surface area contributed by atoms with Crippen molar-refractivity contribution in [2.24, 2.45) is 0 Å². The molecule has 1 aliphatic rings. The highest BCUT2D eigenvalue weighted by atomic mass is 32.2. The summed E-state index contributed by atoms with van der Waals surface area (Å²) in [5.41, 5.74) is 0.483. The molecule has 0 amide bonds. The monoisotopic (exact) mass is 298 g/mol. The van der Waals surface area contributed by atoms with Gasteiger partial charge in [-0.2, -0.15) is 16.7 Å². The van der Waals surface area contributed by atoms with Crippen molar-refractivity contribution in [2.45, 2.75) is 43.5 Å². The molecule has 1 N–H and O–H groups in total. The first kappa shape index (κ1) is 15.4. The molecule has 1 aromatic rings. The molecule has 6 heteroatoms. The normalized spacial score (nSPS) is 17.8. The molecule has 0 aliphatic heterocycles. The SMILES string of the molecule is COc1cnc(C(O)CSC2CCCCC2)c(OC)n1. The zero-order chi connectivity index (χ0) is 14.4. The number of aliphatic hydroxyl groups is 1. The average molecular weight is 298 g/mol. The number of hydrogen-bond acceptors (Lipinski definition) is 6. The number of nitrogens with zero attached hydrogens (tertiary/aromatic N) is 2. The van der Waals surface area contributed by atoms with Gasteiger partial charge in [0.15, 0.2) is 0 Å². The van der Waals surface area contributed by atoms with Crippen LogP contribution in [0.3, 0.4) is 0 Å². The molecule has 0 aromatic carbocycles. The Morgan fingerprint density at radius 1 is 1.30 bits per heavy atom. The third-order valence-electron chi connectivity index (χ3n) is 3.51. The maximum atomic E-state index is 10.3. The number of aliphatic hydroxyl groups excluding tert-OH is 1. The summed E-state index contributed by atoms with van der Waals surface area (Å²) in [6.07, 6.45) is 7.31. The van der Waals surface area contributed by atoms with Crippen LogP contribution in [0.25, 0.3) is 0 Å². The summed E-state index contributed by atoms with van der Waals surface area (Å²) in [4.78, 5) is 8.36. The summed E-state index contributed by atoms with van der Waals surface area (Å²) in [6.45, 7) is 0. The van der Waals surface area contributed by atoms with Gasteiger partial charge in [-0.1, -0.05) is 19.3 Å². The van der Waals surface area contributed by atoms with Gasteiger partial charge in [-0.05, 0) is 12.8 Å². The van der Waals surface area contributed by atoms with Crippen molar-refractivity contribution in [3.8, 4) is 11.8 Å². The third kappa shape index (κ3) is 3.99. The van der Waals surface area contributed by atoms with E-state index in [9.17, 15) is 5.11 Å². The van der Waals surface area contributed by atoms with Crippen LogP contribution in [0.2, 0.25) is 0 Å². The van der Waals surface area contributed by atoms with Gasteiger partial charge in [-0.3, -0.25) is 0 Å². The molecular formula is C14H22N2O3S. The Hall–Kier alpha value is -1.01. The van der Waals surface area contributed by atoms with Gasteiger partial charge in [0.2, 0.25) is 11.8 Å². The largest absolute Gasteiger partial charge is 0.480 e. The smallest absolute Gasteiger partial charge is 0.241 e. The summed E-state index contributed by atoms with van der Waals surface area (Å²) in [5.74, 6) is 1.35. The molecular weight excluding hydrogens is 276 g/mol. The van der Waals surface area contributed by atoms with Crippen molar-refractivity contribution in [3.05, 3.63) is 11.9 Å². The van der Waals surface area contributed by atoms with E-state index < -0.39 is 6.10 Å². The van der Waals surface area contributed by atoms with Crippen LogP contribution >= 0.6 is 11.8 Å². The van der Waals surface area contributed by atoms with Gasteiger partial charge in [0.05, 0.1) is 20.4 Å². The molecule has 0 saturated heterocycles. The lowest BCUT2D eigenvalue weighted by Gasteiger charge is -2.22. The number of hydrogen-bond donors (Lipinski definition) is 1. The number of rotatable bonds is 6. The van der Waals surface area contributed by atoms with Crippen molar-refractivity contribution in [1.82, 2.24) is 9.97 Å². The van der Waals surface area contributed by atoms with Crippen LogP contribution in [0.5, 0.6) is 11.8 Å². The van der Waals surface area contributed by atoms with Crippen molar-refractivity contribution < 1.29 is 14.6 Å². The molecule has 20 heavy (non-hydrogen) atoms. The topological polar surface area (TPSA) is 64.5 Å². The Bertz CT molecular complexity index is 425. The molecule has 1 aliphatic carbocycles.